The van der Waals surface area contributed by atoms with Crippen LogP contribution in [0.1, 0.15) is 30.6 Å². The second-order valence-corrected chi connectivity index (χ2v) is 8.54. The fourth-order valence-electron chi connectivity index (χ4n) is 2.14. The first-order valence-electron chi connectivity index (χ1n) is 6.25. The van der Waals surface area contributed by atoms with Gasteiger partial charge in [-0.25, -0.2) is 26.0 Å². The summed E-state index contributed by atoms with van der Waals surface area (Å²) in [7, 11) is -3.85. The van der Waals surface area contributed by atoms with Crippen molar-refractivity contribution in [3.63, 3.8) is 0 Å². The van der Waals surface area contributed by atoms with E-state index in [1.807, 2.05) is 0 Å². The molecule has 0 unspecified atom stereocenters. The molecule has 1 aliphatic rings. The molecule has 1 aliphatic carbocycles. The molecule has 0 spiro atoms. The summed E-state index contributed by atoms with van der Waals surface area (Å²) >= 11 is 0.576. The van der Waals surface area contributed by atoms with Gasteiger partial charge in [0.2, 0.25) is 5.92 Å². The lowest BCUT2D eigenvalue weighted by Crippen LogP contribution is -2.22. The topological polar surface area (TPSA) is 63.6 Å². The van der Waals surface area contributed by atoms with Crippen LogP contribution in [0.5, 0.6) is 5.06 Å². The third-order valence-electron chi connectivity index (χ3n) is 3.17. The Morgan fingerprint density at radius 3 is 2.55 bits per heavy atom. The van der Waals surface area contributed by atoms with E-state index in [0.717, 1.165) is 6.26 Å². The van der Waals surface area contributed by atoms with Crippen LogP contribution in [0.4, 0.5) is 17.6 Å². The number of halogens is 4. The van der Waals surface area contributed by atoms with Crippen LogP contribution in [-0.4, -0.2) is 38.2 Å². The van der Waals surface area contributed by atoms with Crippen molar-refractivity contribution in [3.8, 4) is 5.06 Å². The predicted molar refractivity (Wildman–Crippen MR) is 71.8 cm³/mol. The highest BCUT2D eigenvalue weighted by atomic mass is 32.2. The van der Waals surface area contributed by atoms with Crippen LogP contribution in [-0.2, 0) is 16.3 Å². The van der Waals surface area contributed by atoms with Crippen LogP contribution < -0.4 is 4.74 Å². The number of sulfone groups is 1. The third-order valence-corrected chi connectivity index (χ3v) is 6.18. The lowest BCUT2D eigenvalue weighted by atomic mass is 10.2. The molecule has 0 fully saturated rings. The van der Waals surface area contributed by atoms with E-state index >= 15 is 0 Å². The number of rotatable bonds is 5. The van der Waals surface area contributed by atoms with Crippen molar-refractivity contribution in [2.75, 3.05) is 12.9 Å². The van der Waals surface area contributed by atoms with E-state index < -0.39 is 51.4 Å². The Morgan fingerprint density at radius 1 is 1.45 bits per heavy atom. The van der Waals surface area contributed by atoms with Gasteiger partial charge in [0, 0.05) is 30.2 Å². The minimum absolute atomic E-state index is 0.123. The Kier molecular flexibility index (Phi) is 4.25. The molecule has 10 heteroatoms. The standard InChI is InChI=1S/C12H14F4O4S2/c1-11(13,14)3-4-20-9-6-5-12(15,16)8(17)7(6)10(21-9)22(2,18)19/h8,17H,3-5H2,1-2H3/t8-/m0/s1. The van der Waals surface area contributed by atoms with Gasteiger partial charge in [0.25, 0.3) is 5.92 Å². The fourth-order valence-corrected chi connectivity index (χ4v) is 4.56. The third kappa shape index (κ3) is 3.38. The van der Waals surface area contributed by atoms with Crippen molar-refractivity contribution in [2.45, 2.75) is 41.9 Å². The van der Waals surface area contributed by atoms with Gasteiger partial charge in [0.15, 0.2) is 14.9 Å². The van der Waals surface area contributed by atoms with Crippen LogP contribution in [0.2, 0.25) is 0 Å². The molecule has 0 saturated heterocycles. The van der Waals surface area contributed by atoms with Gasteiger partial charge >= 0.3 is 0 Å². The highest BCUT2D eigenvalue weighted by Crippen LogP contribution is 2.53. The summed E-state index contributed by atoms with van der Waals surface area (Å²) in [6.07, 6.45) is -2.93. The van der Waals surface area contributed by atoms with E-state index in [9.17, 15) is 31.1 Å². The van der Waals surface area contributed by atoms with Crippen molar-refractivity contribution < 1.29 is 35.8 Å². The first-order valence-corrected chi connectivity index (χ1v) is 8.96. The zero-order valence-corrected chi connectivity index (χ0v) is 13.3. The van der Waals surface area contributed by atoms with Crippen LogP contribution in [0.25, 0.3) is 0 Å². The van der Waals surface area contributed by atoms with Crippen LogP contribution in [0.3, 0.4) is 0 Å². The molecule has 1 aromatic rings. The molecule has 22 heavy (non-hydrogen) atoms. The average molecular weight is 362 g/mol. The number of alkyl halides is 4. The van der Waals surface area contributed by atoms with Crippen LogP contribution in [0, 0.1) is 0 Å². The van der Waals surface area contributed by atoms with Crippen molar-refractivity contribution >= 4 is 21.2 Å². The number of thiophene rings is 1. The van der Waals surface area contributed by atoms with Crippen molar-refractivity contribution in [1.82, 2.24) is 0 Å². The summed E-state index contributed by atoms with van der Waals surface area (Å²) in [6.45, 7) is 0.246. The highest BCUT2D eigenvalue weighted by Gasteiger charge is 2.51. The van der Waals surface area contributed by atoms with Gasteiger partial charge < -0.3 is 9.84 Å². The maximum atomic E-state index is 13.6. The summed E-state index contributed by atoms with van der Waals surface area (Å²) in [5, 5.41) is 9.48. The second kappa shape index (κ2) is 5.34. The van der Waals surface area contributed by atoms with Gasteiger partial charge in [-0.05, 0) is 6.92 Å². The van der Waals surface area contributed by atoms with Gasteiger partial charge in [-0.2, -0.15) is 0 Å². The average Bonchev–Trinajstić information content (AvgIpc) is 2.74. The molecule has 0 aliphatic heterocycles. The minimum Gasteiger partial charge on any atom is -0.483 e. The van der Waals surface area contributed by atoms with E-state index in [0.29, 0.717) is 18.3 Å². The summed E-state index contributed by atoms with van der Waals surface area (Å²) in [5.74, 6) is -6.49. The molecule has 2 rings (SSSR count). The Balaban J connectivity index is 2.36. The SMILES string of the molecule is CC(F)(F)CCOc1sc(S(C)(=O)=O)c2c1CC(F)(F)[C@H]2O. The molecule has 0 amide bonds. The Hall–Kier alpha value is -0.870. The Labute approximate surface area is 128 Å². The summed E-state index contributed by atoms with van der Waals surface area (Å²) in [5.41, 5.74) is -0.502. The first kappa shape index (κ1) is 17.5. The molecule has 1 heterocycles. The van der Waals surface area contributed by atoms with Gasteiger partial charge in [-0.3, -0.25) is 0 Å². The number of ether oxygens (including phenoxy) is 1. The number of hydrogen-bond donors (Lipinski definition) is 1. The van der Waals surface area contributed by atoms with E-state index in [1.165, 1.54) is 0 Å². The maximum Gasteiger partial charge on any atom is 0.281 e. The summed E-state index contributed by atoms with van der Waals surface area (Å²) in [4.78, 5) is 0. The molecule has 0 bridgehead atoms. The largest absolute Gasteiger partial charge is 0.483 e. The lowest BCUT2D eigenvalue weighted by molar-refractivity contribution is -0.0976. The van der Waals surface area contributed by atoms with Crippen molar-refractivity contribution in [3.05, 3.63) is 11.1 Å². The predicted octanol–water partition coefficient (Wildman–Crippen LogP) is 2.80. The van der Waals surface area contributed by atoms with E-state index in [-0.39, 0.29) is 16.2 Å². The maximum absolute atomic E-state index is 13.6. The van der Waals surface area contributed by atoms with Gasteiger partial charge in [-0.1, -0.05) is 11.3 Å². The zero-order valence-electron chi connectivity index (χ0n) is 11.7. The van der Waals surface area contributed by atoms with Gasteiger partial charge in [-0.15, -0.1) is 0 Å². The summed E-state index contributed by atoms with van der Waals surface area (Å²) < 4.78 is 80.7. The molecule has 126 valence electrons. The molecule has 4 nitrogen and oxygen atoms in total. The Bertz CT molecular complexity index is 676. The lowest BCUT2D eigenvalue weighted by Gasteiger charge is -2.15. The van der Waals surface area contributed by atoms with E-state index in [4.69, 9.17) is 4.74 Å². The minimum atomic E-state index is -3.85. The zero-order chi connectivity index (χ0) is 16.9. The second-order valence-electron chi connectivity index (χ2n) is 5.35. The summed E-state index contributed by atoms with van der Waals surface area (Å²) in [6, 6.07) is 0. The van der Waals surface area contributed by atoms with Gasteiger partial charge in [0.1, 0.15) is 10.3 Å². The molecular formula is C12H14F4O4S2. The molecule has 0 aromatic carbocycles. The molecule has 1 atom stereocenters. The smallest absolute Gasteiger partial charge is 0.281 e. The van der Waals surface area contributed by atoms with E-state index in [1.54, 1.807) is 0 Å². The highest BCUT2D eigenvalue weighted by molar-refractivity contribution is 7.92. The van der Waals surface area contributed by atoms with E-state index in [2.05, 4.69) is 0 Å². The normalized spacial score (nSPS) is 21.0. The van der Waals surface area contributed by atoms with Crippen molar-refractivity contribution in [2.24, 2.45) is 0 Å². The van der Waals surface area contributed by atoms with Gasteiger partial charge in [0.05, 0.1) is 6.61 Å². The number of fused-ring (bicyclic) bond motifs is 1. The Morgan fingerprint density at radius 2 is 2.05 bits per heavy atom. The number of hydrogen-bond acceptors (Lipinski definition) is 5. The molecule has 1 aromatic heterocycles. The monoisotopic (exact) mass is 362 g/mol. The van der Waals surface area contributed by atoms with Crippen LogP contribution >= 0.6 is 11.3 Å². The fraction of sp³-hybridized carbons (Fsp3) is 0.667. The molecule has 0 radical (unpaired) electrons. The first-order chi connectivity index (χ1) is 9.83. The van der Waals surface area contributed by atoms with Crippen LogP contribution in [0.15, 0.2) is 4.21 Å². The molecule has 0 saturated carbocycles. The molecule has 1 N–H and O–H groups in total. The number of aliphatic hydroxyl groups excluding tert-OH is 1. The van der Waals surface area contributed by atoms with Crippen molar-refractivity contribution in [1.29, 1.82) is 0 Å². The number of aliphatic hydroxyl groups is 1. The molecular weight excluding hydrogens is 348 g/mol. The quantitative estimate of drug-likeness (QED) is 0.818.